The Morgan fingerprint density at radius 2 is 2.14 bits per heavy atom. The van der Waals surface area contributed by atoms with Crippen LogP contribution >= 0.6 is 0 Å². The third kappa shape index (κ3) is 2.37. The Labute approximate surface area is 125 Å². The summed E-state index contributed by atoms with van der Waals surface area (Å²) in [4.78, 5) is 29.8. The van der Waals surface area contributed by atoms with Crippen LogP contribution in [-0.2, 0) is 9.47 Å². The lowest BCUT2D eigenvalue weighted by atomic mass is 10.3. The fraction of sp³-hybridized carbons (Fsp3) is 0.357. The molecule has 1 aliphatic heterocycles. The first-order valence-corrected chi connectivity index (χ1v) is 6.78. The zero-order valence-electron chi connectivity index (χ0n) is 12.0. The maximum absolute atomic E-state index is 12.1. The predicted octanol–water partition coefficient (Wildman–Crippen LogP) is 0.0233. The van der Waals surface area contributed by atoms with Crippen molar-refractivity contribution in [1.29, 1.82) is 0 Å². The molecule has 0 radical (unpaired) electrons. The molecule has 1 aliphatic rings. The Bertz CT molecular complexity index is 780. The van der Waals surface area contributed by atoms with E-state index in [4.69, 9.17) is 4.74 Å². The molecule has 0 unspecified atom stereocenters. The van der Waals surface area contributed by atoms with Crippen LogP contribution in [0.5, 0.6) is 5.75 Å². The molecule has 8 heteroatoms. The van der Waals surface area contributed by atoms with Gasteiger partial charge < -0.3 is 19.5 Å². The number of carbonyl (C=O) groups is 1. The molecule has 1 N–H and O–H groups in total. The molecule has 0 bridgehead atoms. The normalized spacial score (nSPS) is 15.0. The lowest BCUT2D eigenvalue weighted by Crippen LogP contribution is -2.36. The quantitative estimate of drug-likeness (QED) is 0.782. The van der Waals surface area contributed by atoms with Gasteiger partial charge in [-0.2, -0.15) is 0 Å². The first-order valence-electron chi connectivity index (χ1n) is 6.78. The Morgan fingerprint density at radius 3 is 2.82 bits per heavy atom. The number of hydrogen-bond donors (Lipinski definition) is 1. The number of morpholine rings is 1. The maximum atomic E-state index is 12.1. The molecule has 0 saturated carbocycles. The molecule has 2 aromatic rings. The van der Waals surface area contributed by atoms with Gasteiger partial charge in [-0.3, -0.25) is 9.20 Å². The number of carbonyl (C=O) groups excluding carboxylic acids is 1. The Balaban J connectivity index is 2.12. The summed E-state index contributed by atoms with van der Waals surface area (Å²) >= 11 is 0. The summed E-state index contributed by atoms with van der Waals surface area (Å²) in [6, 6.07) is 3.46. The van der Waals surface area contributed by atoms with Crippen molar-refractivity contribution in [3.05, 3.63) is 34.4 Å². The van der Waals surface area contributed by atoms with Crippen molar-refractivity contribution >= 4 is 17.3 Å². The number of ether oxygens (including phenoxy) is 2. The number of nitrogens with zero attached hydrogens (tertiary/aromatic N) is 3. The number of aromatic hydroxyl groups is 1. The van der Waals surface area contributed by atoms with E-state index in [0.29, 0.717) is 13.2 Å². The van der Waals surface area contributed by atoms with Crippen LogP contribution in [0, 0.1) is 0 Å². The van der Waals surface area contributed by atoms with E-state index >= 15 is 0 Å². The lowest BCUT2D eigenvalue weighted by molar-refractivity contribution is 0.0590. The molecule has 2 aromatic heterocycles. The second-order valence-corrected chi connectivity index (χ2v) is 4.82. The second-order valence-electron chi connectivity index (χ2n) is 4.82. The first-order chi connectivity index (χ1) is 10.6. The SMILES string of the molecule is COC(=O)c1nc2cc(N3CCOCC3)ccn2c(=O)c1O. The molecule has 0 aliphatic carbocycles. The number of pyridine rings is 1. The predicted molar refractivity (Wildman–Crippen MR) is 77.5 cm³/mol. The van der Waals surface area contributed by atoms with Crippen LogP contribution in [0.4, 0.5) is 5.69 Å². The van der Waals surface area contributed by atoms with Crippen molar-refractivity contribution in [2.45, 2.75) is 0 Å². The molecule has 1 saturated heterocycles. The molecule has 116 valence electrons. The van der Waals surface area contributed by atoms with E-state index in [2.05, 4.69) is 14.6 Å². The smallest absolute Gasteiger partial charge is 0.360 e. The fourth-order valence-corrected chi connectivity index (χ4v) is 2.38. The summed E-state index contributed by atoms with van der Waals surface area (Å²) in [6.45, 7) is 2.74. The highest BCUT2D eigenvalue weighted by Gasteiger charge is 2.20. The molecule has 8 nitrogen and oxygen atoms in total. The van der Waals surface area contributed by atoms with Crippen molar-refractivity contribution in [3.63, 3.8) is 0 Å². The van der Waals surface area contributed by atoms with Crippen molar-refractivity contribution in [3.8, 4) is 5.75 Å². The minimum absolute atomic E-state index is 0.271. The van der Waals surface area contributed by atoms with Gasteiger partial charge in [0.05, 0.1) is 20.3 Å². The average Bonchev–Trinajstić information content (AvgIpc) is 2.57. The van der Waals surface area contributed by atoms with Gasteiger partial charge in [0.1, 0.15) is 5.65 Å². The average molecular weight is 305 g/mol. The largest absolute Gasteiger partial charge is 0.501 e. The van der Waals surface area contributed by atoms with E-state index < -0.39 is 17.3 Å². The molecular weight excluding hydrogens is 290 g/mol. The molecule has 0 spiro atoms. The molecule has 22 heavy (non-hydrogen) atoms. The molecule has 0 aromatic carbocycles. The van der Waals surface area contributed by atoms with E-state index in [0.717, 1.165) is 25.9 Å². The summed E-state index contributed by atoms with van der Waals surface area (Å²) in [6.07, 6.45) is 1.52. The number of rotatable bonds is 2. The van der Waals surface area contributed by atoms with E-state index in [1.54, 1.807) is 12.1 Å². The lowest BCUT2D eigenvalue weighted by Gasteiger charge is -2.28. The van der Waals surface area contributed by atoms with E-state index in [9.17, 15) is 14.7 Å². The Kier molecular flexibility index (Phi) is 3.68. The number of fused-ring (bicyclic) bond motifs is 1. The van der Waals surface area contributed by atoms with Gasteiger partial charge in [0.2, 0.25) is 5.75 Å². The highest BCUT2D eigenvalue weighted by atomic mass is 16.5. The standard InChI is InChI=1S/C14H15N3O5/c1-21-14(20)11-12(18)13(19)17-3-2-9(8-10(17)15-11)16-4-6-22-7-5-16/h2-3,8,18H,4-7H2,1H3. The molecule has 0 atom stereocenters. The summed E-state index contributed by atoms with van der Waals surface area (Å²) in [5.74, 6) is -1.57. The van der Waals surface area contributed by atoms with Crippen molar-refractivity contribution < 1.29 is 19.4 Å². The zero-order valence-corrected chi connectivity index (χ0v) is 12.0. The minimum Gasteiger partial charge on any atom is -0.501 e. The van der Waals surface area contributed by atoms with Crippen LogP contribution in [0.2, 0.25) is 0 Å². The molecule has 3 rings (SSSR count). The zero-order chi connectivity index (χ0) is 15.7. The summed E-state index contributed by atoms with van der Waals surface area (Å²) in [7, 11) is 1.16. The van der Waals surface area contributed by atoms with Crippen molar-refractivity contribution in [2.24, 2.45) is 0 Å². The summed E-state index contributed by atoms with van der Waals surface area (Å²) < 4.78 is 11.0. The van der Waals surface area contributed by atoms with Gasteiger partial charge in [-0.15, -0.1) is 0 Å². The van der Waals surface area contributed by atoms with Gasteiger partial charge >= 0.3 is 11.5 Å². The second kappa shape index (κ2) is 5.64. The Hall–Kier alpha value is -2.61. The number of aromatic nitrogens is 2. The van der Waals surface area contributed by atoms with Crippen molar-refractivity contribution in [1.82, 2.24) is 9.38 Å². The fourth-order valence-electron chi connectivity index (χ4n) is 2.38. The van der Waals surface area contributed by atoms with Gasteiger partial charge in [-0.1, -0.05) is 0 Å². The van der Waals surface area contributed by atoms with E-state index in [1.165, 1.54) is 10.6 Å². The van der Waals surface area contributed by atoms with Crippen LogP contribution < -0.4 is 10.5 Å². The van der Waals surface area contributed by atoms with Crippen LogP contribution in [-0.4, -0.2) is 53.9 Å². The van der Waals surface area contributed by atoms with Crippen LogP contribution in [0.1, 0.15) is 10.5 Å². The monoisotopic (exact) mass is 305 g/mol. The third-order valence-corrected chi connectivity index (χ3v) is 3.55. The van der Waals surface area contributed by atoms with Crippen LogP contribution in [0.25, 0.3) is 5.65 Å². The van der Waals surface area contributed by atoms with Gasteiger partial charge in [-0.25, -0.2) is 9.78 Å². The topological polar surface area (TPSA) is 93.4 Å². The highest BCUT2D eigenvalue weighted by molar-refractivity contribution is 5.90. The molecule has 3 heterocycles. The number of methoxy groups -OCH3 is 1. The van der Waals surface area contributed by atoms with Gasteiger partial charge in [0.25, 0.3) is 0 Å². The van der Waals surface area contributed by atoms with Gasteiger partial charge in [0, 0.05) is 31.0 Å². The number of anilines is 1. The van der Waals surface area contributed by atoms with Gasteiger partial charge in [-0.05, 0) is 6.07 Å². The highest BCUT2D eigenvalue weighted by Crippen LogP contribution is 2.19. The van der Waals surface area contributed by atoms with Crippen molar-refractivity contribution in [2.75, 3.05) is 38.3 Å². The van der Waals surface area contributed by atoms with Crippen LogP contribution in [0.15, 0.2) is 23.1 Å². The molecule has 0 amide bonds. The Morgan fingerprint density at radius 1 is 1.41 bits per heavy atom. The van der Waals surface area contributed by atoms with E-state index in [1.807, 2.05) is 0 Å². The molecule has 1 fully saturated rings. The minimum atomic E-state index is -0.853. The maximum Gasteiger partial charge on any atom is 0.360 e. The number of hydrogen-bond acceptors (Lipinski definition) is 7. The summed E-state index contributed by atoms with van der Waals surface area (Å²) in [5.41, 5.74) is 0.0504. The van der Waals surface area contributed by atoms with Crippen LogP contribution in [0.3, 0.4) is 0 Å². The number of esters is 1. The summed E-state index contributed by atoms with van der Waals surface area (Å²) in [5, 5.41) is 9.79. The van der Waals surface area contributed by atoms with Gasteiger partial charge in [0.15, 0.2) is 5.69 Å². The third-order valence-electron chi connectivity index (χ3n) is 3.55. The first kappa shape index (κ1) is 14.3. The molecular formula is C14H15N3O5. The van der Waals surface area contributed by atoms with E-state index in [-0.39, 0.29) is 11.3 Å².